The molecule has 31 heavy (non-hydrogen) atoms. The lowest BCUT2D eigenvalue weighted by atomic mass is 10.1. The van der Waals surface area contributed by atoms with Gasteiger partial charge in [0.2, 0.25) is 5.95 Å². The van der Waals surface area contributed by atoms with Crippen LogP contribution in [0.3, 0.4) is 0 Å². The van der Waals surface area contributed by atoms with E-state index in [1.807, 2.05) is 16.8 Å². The molecule has 0 atom stereocenters. The highest BCUT2D eigenvalue weighted by Gasteiger charge is 2.29. The van der Waals surface area contributed by atoms with Crippen molar-refractivity contribution in [2.75, 3.05) is 55.9 Å². The third-order valence-corrected chi connectivity index (χ3v) is 6.67. The van der Waals surface area contributed by atoms with E-state index in [0.717, 1.165) is 50.8 Å². The van der Waals surface area contributed by atoms with Crippen molar-refractivity contribution in [1.82, 2.24) is 19.7 Å². The Kier molecular flexibility index (Phi) is 5.85. The lowest BCUT2D eigenvalue weighted by Gasteiger charge is -2.43. The van der Waals surface area contributed by atoms with Crippen LogP contribution in [0.5, 0.6) is 0 Å². The molecule has 1 aromatic heterocycles. The molecule has 2 saturated heterocycles. The van der Waals surface area contributed by atoms with Crippen LogP contribution in [0.4, 0.5) is 17.3 Å². The first-order chi connectivity index (χ1) is 15.2. The summed E-state index contributed by atoms with van der Waals surface area (Å²) in [6.45, 7) is 8.17. The highest BCUT2D eigenvalue weighted by molar-refractivity contribution is 7.98. The van der Waals surface area contributed by atoms with Gasteiger partial charge in [0, 0.05) is 42.4 Å². The maximum Gasteiger partial charge on any atom is 0.246 e. The number of nitrogens with zero attached hydrogens (tertiary/aromatic N) is 5. The maximum atomic E-state index is 5.35. The minimum absolute atomic E-state index is 0.598. The molecule has 2 aliphatic rings. The molecule has 3 aromatic rings. The number of benzene rings is 2. The molecule has 162 valence electrons. The molecular weight excluding hydrogens is 408 g/mol. The second kappa shape index (κ2) is 8.90. The molecule has 2 fully saturated rings. The summed E-state index contributed by atoms with van der Waals surface area (Å²) in [5, 5.41) is 8.01. The fraction of sp³-hybridized carbons (Fsp3) is 0.391. The van der Waals surface area contributed by atoms with Crippen molar-refractivity contribution >= 4 is 29.1 Å². The number of thioether (sulfide) groups is 1. The molecule has 7 nitrogen and oxygen atoms in total. The number of hydrogen-bond donors (Lipinski definition) is 1. The number of aryl methyl sites for hydroxylation is 1. The zero-order valence-corrected chi connectivity index (χ0v) is 18.8. The summed E-state index contributed by atoms with van der Waals surface area (Å²) < 4.78 is 7.16. The Morgan fingerprint density at radius 2 is 1.87 bits per heavy atom. The van der Waals surface area contributed by atoms with E-state index >= 15 is 0 Å². The molecule has 8 heteroatoms. The minimum Gasteiger partial charge on any atom is -0.378 e. The second-order valence-corrected chi connectivity index (χ2v) is 8.99. The van der Waals surface area contributed by atoms with Gasteiger partial charge in [-0.3, -0.25) is 4.90 Å². The van der Waals surface area contributed by atoms with Crippen LogP contribution >= 0.6 is 11.8 Å². The summed E-state index contributed by atoms with van der Waals surface area (Å²) in [7, 11) is 0. The van der Waals surface area contributed by atoms with Gasteiger partial charge in [0.05, 0.1) is 24.9 Å². The van der Waals surface area contributed by atoms with E-state index in [4.69, 9.17) is 4.74 Å². The fourth-order valence-corrected chi connectivity index (χ4v) is 4.58. The molecule has 2 aliphatic heterocycles. The maximum absolute atomic E-state index is 5.35. The van der Waals surface area contributed by atoms with Crippen LogP contribution in [-0.4, -0.2) is 71.4 Å². The van der Waals surface area contributed by atoms with Gasteiger partial charge in [-0.2, -0.15) is 4.98 Å². The van der Waals surface area contributed by atoms with E-state index in [2.05, 4.69) is 68.7 Å². The number of nitrogens with one attached hydrogen (secondary N) is 1. The molecule has 5 rings (SSSR count). The van der Waals surface area contributed by atoms with Crippen LogP contribution in [0.15, 0.2) is 53.7 Å². The van der Waals surface area contributed by atoms with Crippen molar-refractivity contribution in [3.63, 3.8) is 0 Å². The van der Waals surface area contributed by atoms with Gasteiger partial charge in [-0.15, -0.1) is 16.9 Å². The van der Waals surface area contributed by atoms with Gasteiger partial charge in [0.1, 0.15) is 6.33 Å². The largest absolute Gasteiger partial charge is 0.378 e. The average molecular weight is 437 g/mol. The first-order valence-electron chi connectivity index (χ1n) is 10.7. The van der Waals surface area contributed by atoms with Crippen molar-refractivity contribution < 1.29 is 4.74 Å². The number of hydrogen-bond acceptors (Lipinski definition) is 7. The van der Waals surface area contributed by atoms with Gasteiger partial charge in [-0.1, -0.05) is 6.07 Å². The summed E-state index contributed by atoms with van der Waals surface area (Å²) in [4.78, 5) is 10.7. The standard InChI is InChI=1S/C23H28N6OS/c1-17-10-18(12-20(11-17)27-6-8-28(9-7-27)21-14-30-15-21)25-23-24-16-29(26-23)19-4-3-5-22(13-19)31-2/h3-5,10-13,16,21H,6-9,14-15H2,1-2H3,(H,25,26). The molecule has 0 spiro atoms. The Morgan fingerprint density at radius 3 is 2.61 bits per heavy atom. The van der Waals surface area contributed by atoms with E-state index < -0.39 is 0 Å². The molecule has 0 amide bonds. The van der Waals surface area contributed by atoms with Crippen LogP contribution < -0.4 is 10.2 Å². The van der Waals surface area contributed by atoms with Gasteiger partial charge in [0.15, 0.2) is 0 Å². The molecule has 1 N–H and O–H groups in total. The summed E-state index contributed by atoms with van der Waals surface area (Å²) in [5.41, 5.74) is 4.49. The first-order valence-corrected chi connectivity index (χ1v) is 11.9. The van der Waals surface area contributed by atoms with E-state index in [9.17, 15) is 0 Å². The molecule has 0 radical (unpaired) electrons. The highest BCUT2D eigenvalue weighted by atomic mass is 32.2. The van der Waals surface area contributed by atoms with Gasteiger partial charge < -0.3 is 15.0 Å². The lowest BCUT2D eigenvalue weighted by molar-refractivity contribution is -0.0660. The van der Waals surface area contributed by atoms with Crippen molar-refractivity contribution in [2.45, 2.75) is 17.9 Å². The fourth-order valence-electron chi connectivity index (χ4n) is 4.12. The summed E-state index contributed by atoms with van der Waals surface area (Å²) in [5.74, 6) is 0.598. The average Bonchev–Trinajstić information content (AvgIpc) is 3.21. The number of rotatable bonds is 6. The smallest absolute Gasteiger partial charge is 0.246 e. The van der Waals surface area contributed by atoms with E-state index in [1.54, 1.807) is 18.1 Å². The predicted octanol–water partition coefficient (Wildman–Crippen LogP) is 3.56. The van der Waals surface area contributed by atoms with Crippen LogP contribution in [0.1, 0.15) is 5.56 Å². The number of ether oxygens (including phenoxy) is 1. The van der Waals surface area contributed by atoms with E-state index in [-0.39, 0.29) is 0 Å². The Balaban J connectivity index is 1.28. The molecule has 0 bridgehead atoms. The van der Waals surface area contributed by atoms with Gasteiger partial charge >= 0.3 is 0 Å². The molecular formula is C23H28N6OS. The number of piperazine rings is 1. The zero-order valence-electron chi connectivity index (χ0n) is 18.0. The third kappa shape index (κ3) is 4.56. The van der Waals surface area contributed by atoms with Crippen molar-refractivity contribution in [3.05, 3.63) is 54.4 Å². The summed E-state index contributed by atoms with van der Waals surface area (Å²) in [6.07, 6.45) is 3.83. The van der Waals surface area contributed by atoms with E-state index in [0.29, 0.717) is 12.0 Å². The van der Waals surface area contributed by atoms with Crippen LogP contribution in [0.2, 0.25) is 0 Å². The number of anilines is 3. The predicted molar refractivity (Wildman–Crippen MR) is 126 cm³/mol. The van der Waals surface area contributed by atoms with Gasteiger partial charge in [0.25, 0.3) is 0 Å². The summed E-state index contributed by atoms with van der Waals surface area (Å²) >= 11 is 1.72. The Hall–Kier alpha value is -2.55. The monoisotopic (exact) mass is 436 g/mol. The van der Waals surface area contributed by atoms with Crippen LogP contribution in [0.25, 0.3) is 5.69 Å². The SMILES string of the molecule is CSc1cccc(-n2cnc(Nc3cc(C)cc(N4CCN(C5COC5)CC4)c3)n2)c1. The van der Waals surface area contributed by atoms with Crippen molar-refractivity contribution in [3.8, 4) is 5.69 Å². The topological polar surface area (TPSA) is 58.5 Å². The number of aromatic nitrogens is 3. The summed E-state index contributed by atoms with van der Waals surface area (Å²) in [6, 6.07) is 15.5. The van der Waals surface area contributed by atoms with Gasteiger partial charge in [-0.05, 0) is 55.1 Å². The van der Waals surface area contributed by atoms with Crippen molar-refractivity contribution in [2.24, 2.45) is 0 Å². The molecule has 3 heterocycles. The van der Waals surface area contributed by atoms with E-state index in [1.165, 1.54) is 16.1 Å². The Labute approximate surface area is 187 Å². The molecule has 0 saturated carbocycles. The Morgan fingerprint density at radius 1 is 1.03 bits per heavy atom. The second-order valence-electron chi connectivity index (χ2n) is 8.11. The van der Waals surface area contributed by atoms with Crippen molar-refractivity contribution in [1.29, 1.82) is 0 Å². The highest BCUT2D eigenvalue weighted by Crippen LogP contribution is 2.26. The lowest BCUT2D eigenvalue weighted by Crippen LogP contribution is -2.56. The molecule has 0 unspecified atom stereocenters. The third-order valence-electron chi connectivity index (χ3n) is 5.94. The first kappa shape index (κ1) is 20.4. The quantitative estimate of drug-likeness (QED) is 0.593. The zero-order chi connectivity index (χ0) is 21.2. The Bertz CT molecular complexity index is 1040. The molecule has 2 aromatic carbocycles. The van der Waals surface area contributed by atoms with Crippen LogP contribution in [0, 0.1) is 6.92 Å². The minimum atomic E-state index is 0.598. The molecule has 0 aliphatic carbocycles. The normalized spacial score (nSPS) is 17.5. The van der Waals surface area contributed by atoms with Crippen LogP contribution in [-0.2, 0) is 4.74 Å². The van der Waals surface area contributed by atoms with Gasteiger partial charge in [-0.25, -0.2) is 4.68 Å².